The van der Waals surface area contributed by atoms with Crippen molar-refractivity contribution in [1.29, 1.82) is 0 Å². The van der Waals surface area contributed by atoms with Crippen molar-refractivity contribution in [1.82, 2.24) is 9.97 Å². The van der Waals surface area contributed by atoms with Crippen LogP contribution in [0.5, 0.6) is 0 Å². The number of rotatable bonds is 3. The lowest BCUT2D eigenvalue weighted by Crippen LogP contribution is -2.55. The number of aliphatic hydroxyl groups is 1. The van der Waals surface area contributed by atoms with Crippen LogP contribution in [0.3, 0.4) is 0 Å². The number of aliphatic hydroxyl groups excluding tert-OH is 1. The first kappa shape index (κ1) is 17.0. The molecule has 6 nitrogen and oxygen atoms in total. The van der Waals surface area contributed by atoms with E-state index in [9.17, 15) is 5.11 Å². The third-order valence-electron chi connectivity index (χ3n) is 6.06. The summed E-state index contributed by atoms with van der Waals surface area (Å²) in [7, 11) is 0. The normalized spacial score (nSPS) is 26.4. The number of aromatic nitrogens is 2. The van der Waals surface area contributed by atoms with Crippen LogP contribution in [0.15, 0.2) is 6.07 Å². The van der Waals surface area contributed by atoms with Gasteiger partial charge in [-0.05, 0) is 44.9 Å². The fraction of sp³-hybridized carbons (Fsp3) is 0.789. The molecule has 6 heteroatoms. The minimum Gasteiger partial charge on any atom is -0.390 e. The predicted octanol–water partition coefficient (Wildman–Crippen LogP) is 2.15. The Labute approximate surface area is 150 Å². The first-order valence-corrected chi connectivity index (χ1v) is 9.90. The van der Waals surface area contributed by atoms with Gasteiger partial charge in [0.2, 0.25) is 5.95 Å². The lowest BCUT2D eigenvalue weighted by Gasteiger charge is -2.47. The fourth-order valence-corrected chi connectivity index (χ4v) is 4.37. The minimum absolute atomic E-state index is 0.319. The largest absolute Gasteiger partial charge is 0.390 e. The monoisotopic (exact) mass is 346 g/mol. The highest BCUT2D eigenvalue weighted by Crippen LogP contribution is 2.36. The maximum atomic E-state index is 10.4. The average molecular weight is 346 g/mol. The molecule has 1 N–H and O–H groups in total. The highest BCUT2D eigenvalue weighted by Gasteiger charge is 2.43. The van der Waals surface area contributed by atoms with Crippen LogP contribution in [0.2, 0.25) is 0 Å². The van der Waals surface area contributed by atoms with Crippen LogP contribution in [0, 0.1) is 0 Å². The number of piperidine rings is 1. The molecule has 4 heterocycles. The van der Waals surface area contributed by atoms with Crippen molar-refractivity contribution in [3.8, 4) is 0 Å². The molecule has 25 heavy (non-hydrogen) atoms. The molecule has 3 saturated heterocycles. The van der Waals surface area contributed by atoms with Crippen molar-refractivity contribution in [2.75, 3.05) is 42.6 Å². The van der Waals surface area contributed by atoms with Gasteiger partial charge in [-0.2, -0.15) is 4.98 Å². The summed E-state index contributed by atoms with van der Waals surface area (Å²) in [5.74, 6) is 1.93. The van der Waals surface area contributed by atoms with Crippen LogP contribution >= 0.6 is 0 Å². The van der Waals surface area contributed by atoms with Gasteiger partial charge in [-0.1, -0.05) is 6.92 Å². The van der Waals surface area contributed by atoms with Crippen LogP contribution in [0.25, 0.3) is 0 Å². The third-order valence-corrected chi connectivity index (χ3v) is 6.06. The van der Waals surface area contributed by atoms with E-state index in [1.165, 1.54) is 12.8 Å². The molecule has 0 aliphatic carbocycles. The number of hydrogen-bond donors (Lipinski definition) is 1. The summed E-state index contributed by atoms with van der Waals surface area (Å²) in [4.78, 5) is 14.3. The van der Waals surface area contributed by atoms with Crippen LogP contribution in [0.4, 0.5) is 11.8 Å². The van der Waals surface area contributed by atoms with Gasteiger partial charge in [0.25, 0.3) is 0 Å². The molecule has 1 atom stereocenters. The predicted molar refractivity (Wildman–Crippen MR) is 98.2 cm³/mol. The number of hydrogen-bond acceptors (Lipinski definition) is 6. The molecule has 0 aromatic carbocycles. The molecule has 3 fully saturated rings. The molecule has 0 bridgehead atoms. The molecule has 3 aliphatic rings. The molecule has 4 rings (SSSR count). The van der Waals surface area contributed by atoms with Crippen LogP contribution in [-0.4, -0.2) is 59.6 Å². The quantitative estimate of drug-likeness (QED) is 0.905. The van der Waals surface area contributed by atoms with E-state index in [0.717, 1.165) is 82.4 Å². The summed E-state index contributed by atoms with van der Waals surface area (Å²) >= 11 is 0. The molecule has 1 aromatic rings. The Morgan fingerprint density at radius 3 is 2.56 bits per heavy atom. The first-order chi connectivity index (χ1) is 12.2. The zero-order valence-electron chi connectivity index (χ0n) is 15.3. The lowest BCUT2D eigenvalue weighted by atomic mass is 9.82. The lowest BCUT2D eigenvalue weighted by molar-refractivity contribution is -0.164. The van der Waals surface area contributed by atoms with E-state index in [0.29, 0.717) is 0 Å². The highest BCUT2D eigenvalue weighted by atomic mass is 16.5. The van der Waals surface area contributed by atoms with E-state index >= 15 is 0 Å². The van der Waals surface area contributed by atoms with Crippen molar-refractivity contribution in [3.63, 3.8) is 0 Å². The Morgan fingerprint density at radius 1 is 1.12 bits per heavy atom. The Hall–Kier alpha value is -1.40. The number of anilines is 2. The van der Waals surface area contributed by atoms with Crippen molar-refractivity contribution >= 4 is 11.8 Å². The first-order valence-electron chi connectivity index (χ1n) is 9.90. The van der Waals surface area contributed by atoms with E-state index in [1.54, 1.807) is 0 Å². The third kappa shape index (κ3) is 3.34. The summed E-state index contributed by atoms with van der Waals surface area (Å²) in [6, 6.07) is 2.13. The van der Waals surface area contributed by atoms with E-state index in [2.05, 4.69) is 22.8 Å². The number of ether oxygens (including phenoxy) is 1. The average Bonchev–Trinajstić information content (AvgIpc) is 3.19. The van der Waals surface area contributed by atoms with E-state index in [1.807, 2.05) is 0 Å². The second-order valence-corrected chi connectivity index (χ2v) is 7.62. The fourth-order valence-electron chi connectivity index (χ4n) is 4.37. The second-order valence-electron chi connectivity index (χ2n) is 7.62. The summed E-state index contributed by atoms with van der Waals surface area (Å²) in [5.41, 5.74) is 0.786. The highest BCUT2D eigenvalue weighted by molar-refractivity contribution is 5.47. The molecule has 0 amide bonds. The van der Waals surface area contributed by atoms with Gasteiger partial charge in [-0.3, -0.25) is 0 Å². The minimum atomic E-state index is -0.326. The summed E-state index contributed by atoms with van der Waals surface area (Å²) < 4.78 is 6.04. The van der Waals surface area contributed by atoms with E-state index < -0.39 is 0 Å². The van der Waals surface area contributed by atoms with Gasteiger partial charge in [0, 0.05) is 44.5 Å². The summed E-state index contributed by atoms with van der Waals surface area (Å²) in [6.07, 6.45) is 6.66. The Kier molecular flexibility index (Phi) is 4.82. The molecule has 0 unspecified atom stereocenters. The number of nitrogens with zero attached hydrogens (tertiary/aromatic N) is 4. The standard InChI is InChI=1S/C19H30N4O2/c1-2-15-14-17(21-18(20-15)23-9-3-4-10-23)22-11-7-19(8-12-22)16(24)6-5-13-25-19/h14,16,24H,2-13H2,1H3/t16-/m1/s1. The Morgan fingerprint density at radius 2 is 1.88 bits per heavy atom. The number of aryl methyl sites for hydroxylation is 1. The zero-order chi connectivity index (χ0) is 17.3. The van der Waals surface area contributed by atoms with E-state index in [4.69, 9.17) is 14.7 Å². The summed E-state index contributed by atoms with van der Waals surface area (Å²) in [5, 5.41) is 10.4. The maximum Gasteiger partial charge on any atom is 0.227 e. The van der Waals surface area contributed by atoms with Crippen LogP contribution in [0.1, 0.15) is 51.1 Å². The molecule has 1 aromatic heterocycles. The van der Waals surface area contributed by atoms with Gasteiger partial charge in [0.15, 0.2) is 0 Å². The van der Waals surface area contributed by atoms with Crippen molar-refractivity contribution in [2.24, 2.45) is 0 Å². The van der Waals surface area contributed by atoms with Gasteiger partial charge in [-0.25, -0.2) is 4.98 Å². The van der Waals surface area contributed by atoms with Gasteiger partial charge < -0.3 is 19.6 Å². The molecule has 1 spiro atoms. The van der Waals surface area contributed by atoms with Gasteiger partial charge in [-0.15, -0.1) is 0 Å². The molecule has 3 aliphatic heterocycles. The SMILES string of the molecule is CCc1cc(N2CCC3(CC2)OCCC[C@H]3O)nc(N2CCCC2)n1. The van der Waals surface area contributed by atoms with E-state index in [-0.39, 0.29) is 11.7 Å². The van der Waals surface area contributed by atoms with Crippen LogP contribution in [-0.2, 0) is 11.2 Å². The van der Waals surface area contributed by atoms with Crippen molar-refractivity contribution in [2.45, 2.75) is 63.6 Å². The maximum absolute atomic E-state index is 10.4. The Bertz CT molecular complexity index is 595. The topological polar surface area (TPSA) is 61.7 Å². The molecule has 0 saturated carbocycles. The summed E-state index contributed by atoms with van der Waals surface area (Å²) in [6.45, 7) is 6.83. The molecule has 0 radical (unpaired) electrons. The molecular weight excluding hydrogens is 316 g/mol. The van der Waals surface area contributed by atoms with Crippen molar-refractivity contribution < 1.29 is 9.84 Å². The Balaban J connectivity index is 1.51. The van der Waals surface area contributed by atoms with Crippen LogP contribution < -0.4 is 9.80 Å². The molecule has 138 valence electrons. The zero-order valence-corrected chi connectivity index (χ0v) is 15.3. The van der Waals surface area contributed by atoms with Gasteiger partial charge in [0.05, 0.1) is 11.7 Å². The van der Waals surface area contributed by atoms with Crippen molar-refractivity contribution in [3.05, 3.63) is 11.8 Å². The van der Waals surface area contributed by atoms with Gasteiger partial charge in [0.1, 0.15) is 5.82 Å². The second kappa shape index (κ2) is 7.08. The smallest absolute Gasteiger partial charge is 0.227 e. The van der Waals surface area contributed by atoms with Gasteiger partial charge >= 0.3 is 0 Å². The molecular formula is C19H30N4O2.